The van der Waals surface area contributed by atoms with E-state index in [2.05, 4.69) is 86.1 Å². The molecule has 34 heavy (non-hydrogen) atoms. The fraction of sp³-hybridized carbons (Fsp3) is 0.333. The van der Waals surface area contributed by atoms with Crippen LogP contribution < -0.4 is 0 Å². The van der Waals surface area contributed by atoms with E-state index < -0.39 is 0 Å². The van der Waals surface area contributed by atoms with Crippen molar-refractivity contribution in [1.29, 1.82) is 0 Å². The zero-order valence-corrected chi connectivity index (χ0v) is 20.5. The van der Waals surface area contributed by atoms with E-state index in [1.165, 1.54) is 33.2 Å². The molecule has 1 aliphatic heterocycles. The number of hydrogen-bond donors (Lipinski definition) is 0. The van der Waals surface area contributed by atoms with Crippen LogP contribution in [-0.4, -0.2) is 30.1 Å². The van der Waals surface area contributed by atoms with Crippen molar-refractivity contribution in [3.05, 3.63) is 95.4 Å². The van der Waals surface area contributed by atoms with Gasteiger partial charge in [-0.2, -0.15) is 0 Å². The number of nitrogens with zero attached hydrogens (tertiary/aromatic N) is 2. The van der Waals surface area contributed by atoms with E-state index in [-0.39, 0.29) is 17.8 Å². The third-order valence-corrected chi connectivity index (χ3v) is 7.03. The number of fused-ring (bicyclic) bond motifs is 2. The van der Waals surface area contributed by atoms with Crippen molar-refractivity contribution in [1.82, 2.24) is 9.47 Å². The van der Waals surface area contributed by atoms with Gasteiger partial charge in [-0.05, 0) is 105 Å². The van der Waals surface area contributed by atoms with Crippen LogP contribution in [0.2, 0.25) is 0 Å². The SMILES string of the molecule is CC(C)n1ccc2cc(-c3ccc4c(c3)COC4C(CCN(C)C)c3ccc(F)cc3)ccc21. The largest absolute Gasteiger partial charge is 0.368 e. The smallest absolute Gasteiger partial charge is 0.123 e. The molecule has 2 unspecified atom stereocenters. The van der Waals surface area contributed by atoms with Crippen LogP contribution in [0.3, 0.4) is 0 Å². The van der Waals surface area contributed by atoms with E-state index in [0.717, 1.165) is 18.5 Å². The summed E-state index contributed by atoms with van der Waals surface area (Å²) in [5.74, 6) is -0.0181. The molecule has 0 fully saturated rings. The first kappa shape index (κ1) is 22.8. The molecular formula is C30H33FN2O. The van der Waals surface area contributed by atoms with Gasteiger partial charge < -0.3 is 14.2 Å². The average Bonchev–Trinajstić information content (AvgIpc) is 3.44. The standard InChI is InChI=1S/C30H33FN2O/c1-20(2)33-16-13-24-17-23(8-12-29(24)33)22-7-11-27-25(18-22)19-34-30(27)28(14-15-32(3)4)21-5-9-26(31)10-6-21/h5-13,16-18,20,28,30H,14-15,19H2,1-4H3. The zero-order valence-electron chi connectivity index (χ0n) is 20.5. The van der Waals surface area contributed by atoms with Crippen LogP contribution in [0.4, 0.5) is 4.39 Å². The van der Waals surface area contributed by atoms with Crippen molar-refractivity contribution in [3.8, 4) is 11.1 Å². The van der Waals surface area contributed by atoms with E-state index in [1.807, 2.05) is 12.1 Å². The molecule has 0 radical (unpaired) electrons. The minimum atomic E-state index is -0.201. The maximum atomic E-state index is 13.6. The molecule has 0 N–H and O–H groups in total. The van der Waals surface area contributed by atoms with Crippen LogP contribution in [0.5, 0.6) is 0 Å². The highest BCUT2D eigenvalue weighted by atomic mass is 19.1. The van der Waals surface area contributed by atoms with Gasteiger partial charge in [0.1, 0.15) is 5.82 Å². The molecule has 0 aliphatic carbocycles. The Bertz CT molecular complexity index is 1290. The van der Waals surface area contributed by atoms with E-state index in [0.29, 0.717) is 12.6 Å². The summed E-state index contributed by atoms with van der Waals surface area (Å²) in [4.78, 5) is 2.19. The van der Waals surface area contributed by atoms with Crippen LogP contribution >= 0.6 is 0 Å². The molecule has 0 amide bonds. The summed E-state index contributed by atoms with van der Waals surface area (Å²) < 4.78 is 22.3. The predicted octanol–water partition coefficient (Wildman–Crippen LogP) is 7.34. The van der Waals surface area contributed by atoms with Crippen molar-refractivity contribution >= 4 is 10.9 Å². The molecule has 2 atom stereocenters. The number of ether oxygens (including phenoxy) is 1. The molecule has 0 saturated carbocycles. The minimum absolute atomic E-state index is 0.0167. The summed E-state index contributed by atoms with van der Waals surface area (Å²) in [6, 6.07) is 23.0. The fourth-order valence-electron chi connectivity index (χ4n) is 5.18. The molecule has 1 aliphatic rings. The third-order valence-electron chi connectivity index (χ3n) is 7.03. The number of rotatable bonds is 7. The van der Waals surface area contributed by atoms with Crippen LogP contribution in [0, 0.1) is 5.82 Å². The lowest BCUT2D eigenvalue weighted by molar-refractivity contribution is 0.0420. The van der Waals surface area contributed by atoms with E-state index in [1.54, 1.807) is 12.1 Å². The normalized spacial score (nSPS) is 16.5. The first-order valence-electron chi connectivity index (χ1n) is 12.2. The van der Waals surface area contributed by atoms with Crippen molar-refractivity contribution in [2.24, 2.45) is 0 Å². The zero-order chi connectivity index (χ0) is 23.8. The van der Waals surface area contributed by atoms with Gasteiger partial charge in [-0.3, -0.25) is 0 Å². The summed E-state index contributed by atoms with van der Waals surface area (Å²) in [6.07, 6.45) is 3.11. The highest BCUT2D eigenvalue weighted by Crippen LogP contribution is 2.44. The van der Waals surface area contributed by atoms with Gasteiger partial charge in [-0.25, -0.2) is 4.39 Å². The van der Waals surface area contributed by atoms with Gasteiger partial charge in [0.15, 0.2) is 0 Å². The average molecular weight is 457 g/mol. The predicted molar refractivity (Wildman–Crippen MR) is 138 cm³/mol. The molecular weight excluding hydrogens is 423 g/mol. The van der Waals surface area contributed by atoms with Crippen LogP contribution in [0.15, 0.2) is 72.9 Å². The van der Waals surface area contributed by atoms with Gasteiger partial charge >= 0.3 is 0 Å². The lowest BCUT2D eigenvalue weighted by Crippen LogP contribution is -2.19. The van der Waals surface area contributed by atoms with Crippen LogP contribution in [0.25, 0.3) is 22.0 Å². The number of aromatic nitrogens is 1. The van der Waals surface area contributed by atoms with E-state index >= 15 is 0 Å². The Balaban J connectivity index is 1.45. The van der Waals surface area contributed by atoms with Gasteiger partial charge in [0.05, 0.1) is 12.7 Å². The Labute approximate surface area is 201 Å². The van der Waals surface area contributed by atoms with E-state index in [9.17, 15) is 4.39 Å². The summed E-state index contributed by atoms with van der Waals surface area (Å²) in [6.45, 7) is 5.98. The van der Waals surface area contributed by atoms with Crippen molar-refractivity contribution in [2.45, 2.75) is 44.9 Å². The van der Waals surface area contributed by atoms with Gasteiger partial charge in [-0.15, -0.1) is 0 Å². The van der Waals surface area contributed by atoms with Crippen LogP contribution in [0.1, 0.15) is 55.0 Å². The van der Waals surface area contributed by atoms with Gasteiger partial charge in [0.25, 0.3) is 0 Å². The number of halogens is 1. The summed E-state index contributed by atoms with van der Waals surface area (Å²) in [5, 5.41) is 1.26. The van der Waals surface area contributed by atoms with Gasteiger partial charge in [0.2, 0.25) is 0 Å². The Morgan fingerprint density at radius 2 is 1.71 bits per heavy atom. The second-order valence-corrected chi connectivity index (χ2v) is 9.99. The lowest BCUT2D eigenvalue weighted by atomic mass is 9.85. The fourth-order valence-corrected chi connectivity index (χ4v) is 5.18. The Kier molecular flexibility index (Phi) is 6.28. The van der Waals surface area contributed by atoms with E-state index in [4.69, 9.17) is 4.74 Å². The third kappa shape index (κ3) is 4.40. The highest BCUT2D eigenvalue weighted by Gasteiger charge is 2.32. The van der Waals surface area contributed by atoms with Crippen molar-refractivity contribution in [3.63, 3.8) is 0 Å². The maximum absolute atomic E-state index is 13.6. The molecule has 5 rings (SSSR count). The summed E-state index contributed by atoms with van der Waals surface area (Å²) in [5.41, 5.74) is 7.34. The van der Waals surface area contributed by atoms with Gasteiger partial charge in [-0.1, -0.05) is 30.3 Å². The molecule has 1 aromatic heterocycles. The monoisotopic (exact) mass is 456 g/mol. The lowest BCUT2D eigenvalue weighted by Gasteiger charge is -2.26. The first-order valence-corrected chi connectivity index (χ1v) is 12.2. The van der Waals surface area contributed by atoms with Gasteiger partial charge in [0, 0.05) is 29.1 Å². The summed E-state index contributed by atoms with van der Waals surface area (Å²) >= 11 is 0. The molecule has 176 valence electrons. The molecule has 2 heterocycles. The number of benzene rings is 3. The minimum Gasteiger partial charge on any atom is -0.368 e. The van der Waals surface area contributed by atoms with Crippen molar-refractivity contribution < 1.29 is 9.13 Å². The topological polar surface area (TPSA) is 17.4 Å². The molecule has 4 aromatic rings. The molecule has 0 bridgehead atoms. The summed E-state index contributed by atoms with van der Waals surface area (Å²) in [7, 11) is 4.17. The second kappa shape index (κ2) is 9.36. The molecule has 4 heteroatoms. The number of hydrogen-bond acceptors (Lipinski definition) is 2. The molecule has 0 saturated heterocycles. The Hall–Kier alpha value is -2.95. The molecule has 3 aromatic carbocycles. The quantitative estimate of drug-likeness (QED) is 0.290. The maximum Gasteiger partial charge on any atom is 0.123 e. The van der Waals surface area contributed by atoms with Crippen LogP contribution in [-0.2, 0) is 11.3 Å². The Morgan fingerprint density at radius 1 is 0.971 bits per heavy atom. The molecule has 3 nitrogen and oxygen atoms in total. The molecule has 0 spiro atoms. The Morgan fingerprint density at radius 3 is 2.44 bits per heavy atom. The second-order valence-electron chi connectivity index (χ2n) is 9.99. The first-order chi connectivity index (χ1) is 16.4. The highest BCUT2D eigenvalue weighted by molar-refractivity contribution is 5.86. The van der Waals surface area contributed by atoms with Crippen molar-refractivity contribution in [2.75, 3.05) is 20.6 Å².